The van der Waals surface area contributed by atoms with E-state index in [1.54, 1.807) is 23.1 Å². The van der Waals surface area contributed by atoms with E-state index in [2.05, 4.69) is 0 Å². The monoisotopic (exact) mass is 458 g/mol. The molecule has 1 amide bonds. The fourth-order valence-corrected chi connectivity index (χ4v) is 4.27. The maximum Gasteiger partial charge on any atom is 0.335 e. The number of hydrogen-bond donors (Lipinski definition) is 1. The third-order valence-corrected chi connectivity index (χ3v) is 6.05. The van der Waals surface area contributed by atoms with Crippen molar-refractivity contribution in [2.45, 2.75) is 59.0 Å². The number of benzene rings is 2. The van der Waals surface area contributed by atoms with Gasteiger partial charge in [0.25, 0.3) is 0 Å². The van der Waals surface area contributed by atoms with E-state index in [-0.39, 0.29) is 29.5 Å². The summed E-state index contributed by atoms with van der Waals surface area (Å²) in [7, 11) is 0. The van der Waals surface area contributed by atoms with Gasteiger partial charge in [-0.3, -0.25) is 9.69 Å². The molecule has 1 heterocycles. The lowest BCUT2D eigenvalue weighted by molar-refractivity contribution is -0.121. The van der Waals surface area contributed by atoms with Crippen molar-refractivity contribution in [1.29, 1.82) is 0 Å². The van der Waals surface area contributed by atoms with Crippen molar-refractivity contribution in [2.24, 2.45) is 5.92 Å². The lowest BCUT2D eigenvalue weighted by atomic mass is 10.0. The quantitative estimate of drug-likeness (QED) is 0.646. The third-order valence-electron chi connectivity index (χ3n) is 6.05. The van der Waals surface area contributed by atoms with Gasteiger partial charge in [0.05, 0.1) is 5.56 Å². The van der Waals surface area contributed by atoms with Crippen LogP contribution in [-0.2, 0) is 17.9 Å². The Balaban J connectivity index is 2.03. The number of carboxylic acid groups (broad SMARTS) is 1. The van der Waals surface area contributed by atoms with Gasteiger partial charge in [-0.2, -0.15) is 0 Å². The fraction of sp³-hybridized carbons (Fsp3) is 0.462. The van der Waals surface area contributed by atoms with Crippen LogP contribution in [0, 0.1) is 17.6 Å². The minimum absolute atomic E-state index is 0.0147. The summed E-state index contributed by atoms with van der Waals surface area (Å²) >= 11 is 0. The zero-order valence-corrected chi connectivity index (χ0v) is 19.3. The fourth-order valence-electron chi connectivity index (χ4n) is 4.27. The van der Waals surface area contributed by atoms with Crippen LogP contribution in [0.25, 0.3) is 0 Å². The first-order chi connectivity index (χ1) is 15.8. The Bertz CT molecular complexity index is 993. The molecule has 0 atom stereocenters. The van der Waals surface area contributed by atoms with E-state index >= 15 is 0 Å². The molecule has 0 saturated carbocycles. The number of hydrogen-bond acceptors (Lipinski definition) is 3. The summed E-state index contributed by atoms with van der Waals surface area (Å²) in [6, 6.07) is 8.97. The van der Waals surface area contributed by atoms with E-state index in [1.807, 2.05) is 18.7 Å². The van der Waals surface area contributed by atoms with Crippen molar-refractivity contribution in [3.8, 4) is 0 Å². The number of carbonyl (C=O) groups excluding carboxylic acids is 1. The minimum atomic E-state index is -1.05. The van der Waals surface area contributed by atoms with Crippen molar-refractivity contribution < 1.29 is 23.5 Å². The molecule has 33 heavy (non-hydrogen) atoms. The number of anilines is 1. The number of nitrogens with zero attached hydrogens (tertiary/aromatic N) is 2. The first-order valence-electron chi connectivity index (χ1n) is 11.6. The molecular formula is C26H32F2N2O3. The first-order valence-corrected chi connectivity index (χ1v) is 11.6. The van der Waals surface area contributed by atoms with Crippen LogP contribution in [0.3, 0.4) is 0 Å². The average molecular weight is 459 g/mol. The Morgan fingerprint density at radius 3 is 2.39 bits per heavy atom. The third kappa shape index (κ3) is 6.38. The second kappa shape index (κ2) is 11.4. The zero-order valence-electron chi connectivity index (χ0n) is 19.3. The smallest absolute Gasteiger partial charge is 0.335 e. The highest BCUT2D eigenvalue weighted by Gasteiger charge is 2.24. The molecule has 0 saturated heterocycles. The van der Waals surface area contributed by atoms with E-state index in [0.29, 0.717) is 30.9 Å². The minimum Gasteiger partial charge on any atom is -0.478 e. The number of halogens is 2. The summed E-state index contributed by atoms with van der Waals surface area (Å²) in [5.41, 5.74) is 1.77. The highest BCUT2D eigenvalue weighted by Crippen LogP contribution is 2.28. The largest absolute Gasteiger partial charge is 0.478 e. The maximum atomic E-state index is 14.4. The van der Waals surface area contributed by atoms with Gasteiger partial charge in [0.15, 0.2) is 11.6 Å². The Morgan fingerprint density at radius 1 is 1.00 bits per heavy atom. The Hall–Kier alpha value is -2.80. The van der Waals surface area contributed by atoms with Crippen LogP contribution in [0.15, 0.2) is 36.4 Å². The normalized spacial score (nSPS) is 16.1. The zero-order chi connectivity index (χ0) is 24.0. The molecule has 3 rings (SSSR count). The van der Waals surface area contributed by atoms with Crippen LogP contribution in [0.2, 0.25) is 0 Å². The molecule has 0 aromatic heterocycles. The summed E-state index contributed by atoms with van der Waals surface area (Å²) in [6.45, 7) is 5.44. The molecule has 178 valence electrons. The predicted octanol–water partition coefficient (Wildman–Crippen LogP) is 5.62. The lowest BCUT2D eigenvalue weighted by Crippen LogP contribution is -2.37. The van der Waals surface area contributed by atoms with E-state index in [1.165, 1.54) is 12.1 Å². The summed E-state index contributed by atoms with van der Waals surface area (Å²) in [5.74, 6) is -3.02. The maximum absolute atomic E-state index is 14.4. The predicted molar refractivity (Wildman–Crippen MR) is 124 cm³/mol. The van der Waals surface area contributed by atoms with Crippen molar-refractivity contribution >= 4 is 17.6 Å². The number of rotatable bonds is 4. The molecule has 1 N–H and O–H groups in total. The number of carboxylic acids is 1. The summed E-state index contributed by atoms with van der Waals surface area (Å²) < 4.78 is 28.2. The molecule has 0 fully saturated rings. The van der Waals surface area contributed by atoms with Crippen LogP contribution in [0.4, 0.5) is 14.5 Å². The molecule has 0 radical (unpaired) electrons. The second-order valence-corrected chi connectivity index (χ2v) is 8.98. The Labute approximate surface area is 194 Å². The van der Waals surface area contributed by atoms with E-state index < -0.39 is 17.6 Å². The van der Waals surface area contributed by atoms with Gasteiger partial charge in [0.2, 0.25) is 5.91 Å². The molecule has 0 unspecified atom stereocenters. The van der Waals surface area contributed by atoms with E-state index in [4.69, 9.17) is 0 Å². The van der Waals surface area contributed by atoms with Crippen LogP contribution < -0.4 is 4.90 Å². The molecule has 7 heteroatoms. The highest BCUT2D eigenvalue weighted by molar-refractivity contribution is 5.96. The van der Waals surface area contributed by atoms with Gasteiger partial charge in [0.1, 0.15) is 0 Å². The van der Waals surface area contributed by atoms with Gasteiger partial charge in [0, 0.05) is 36.8 Å². The van der Waals surface area contributed by atoms with Gasteiger partial charge < -0.3 is 10.0 Å². The molecule has 1 aliphatic heterocycles. The van der Waals surface area contributed by atoms with Gasteiger partial charge in [-0.1, -0.05) is 45.2 Å². The molecular weight excluding hydrogens is 426 g/mol. The average Bonchev–Trinajstić information content (AvgIpc) is 2.77. The van der Waals surface area contributed by atoms with Crippen molar-refractivity contribution in [3.63, 3.8) is 0 Å². The molecule has 2 aromatic carbocycles. The first kappa shape index (κ1) is 24.8. The summed E-state index contributed by atoms with van der Waals surface area (Å²) in [6.07, 6.45) is 4.80. The summed E-state index contributed by atoms with van der Waals surface area (Å²) in [4.78, 5) is 28.5. The van der Waals surface area contributed by atoms with Gasteiger partial charge in [-0.25, -0.2) is 13.6 Å². The van der Waals surface area contributed by atoms with Gasteiger partial charge >= 0.3 is 5.97 Å². The molecule has 2 aromatic rings. The highest BCUT2D eigenvalue weighted by atomic mass is 19.2. The van der Waals surface area contributed by atoms with Gasteiger partial charge in [-0.15, -0.1) is 0 Å². The standard InChI is InChI=1S/C26H32F2N2O3/c1-18(2)25(31)30-14-7-5-3-4-6-13-29(16-20-9-8-10-22(27)24(20)28)17-21-15-19(26(32)33)11-12-23(21)30/h8-12,15,18H,3-7,13-14,16-17H2,1-2H3,(H,32,33). The molecule has 1 aliphatic rings. The molecule has 5 nitrogen and oxygen atoms in total. The summed E-state index contributed by atoms with van der Waals surface area (Å²) in [5, 5.41) is 9.54. The Morgan fingerprint density at radius 2 is 1.70 bits per heavy atom. The number of carbonyl (C=O) groups is 2. The van der Waals surface area contributed by atoms with Crippen molar-refractivity contribution in [3.05, 3.63) is 64.7 Å². The number of aromatic carboxylic acids is 1. The van der Waals surface area contributed by atoms with Gasteiger partial charge in [-0.05, 0) is 49.2 Å². The number of amides is 1. The Kier molecular flexibility index (Phi) is 8.55. The number of fused-ring (bicyclic) bond motifs is 1. The van der Waals surface area contributed by atoms with Crippen molar-refractivity contribution in [1.82, 2.24) is 4.90 Å². The molecule has 0 bridgehead atoms. The topological polar surface area (TPSA) is 60.9 Å². The molecule has 0 spiro atoms. The van der Waals surface area contributed by atoms with Crippen LogP contribution in [-0.4, -0.2) is 35.0 Å². The molecule has 0 aliphatic carbocycles. The van der Waals surface area contributed by atoms with E-state index in [9.17, 15) is 23.5 Å². The lowest BCUT2D eigenvalue weighted by Gasteiger charge is -2.30. The van der Waals surface area contributed by atoms with Crippen molar-refractivity contribution in [2.75, 3.05) is 18.0 Å². The van der Waals surface area contributed by atoms with Crippen LogP contribution in [0.1, 0.15) is 67.4 Å². The van der Waals surface area contributed by atoms with Crippen LogP contribution >= 0.6 is 0 Å². The second-order valence-electron chi connectivity index (χ2n) is 8.98. The van der Waals surface area contributed by atoms with Crippen LogP contribution in [0.5, 0.6) is 0 Å². The van der Waals surface area contributed by atoms with E-state index in [0.717, 1.165) is 38.2 Å². The SMILES string of the molecule is CC(C)C(=O)N1CCCCCCCN(Cc2cccc(F)c2F)Cc2cc(C(=O)O)ccc21.